The molecular formula is C20H21N5O. The minimum atomic E-state index is 0.311. The number of nitrogens with zero attached hydrogens (tertiary/aromatic N) is 4. The maximum Gasteiger partial charge on any atom is 0.252 e. The van der Waals surface area contributed by atoms with Crippen LogP contribution >= 0.6 is 0 Å². The van der Waals surface area contributed by atoms with Crippen molar-refractivity contribution in [1.29, 1.82) is 0 Å². The summed E-state index contributed by atoms with van der Waals surface area (Å²) in [7, 11) is 1.67. The van der Waals surface area contributed by atoms with Gasteiger partial charge in [-0.05, 0) is 42.7 Å². The second-order valence-corrected chi connectivity index (χ2v) is 6.40. The molecule has 4 rings (SSSR count). The third-order valence-electron chi connectivity index (χ3n) is 4.60. The standard InChI is InChI=1S/C20H21N5O/c1-14-11-16-5-3-4-6-18(16)25(14)20-23-19(13-22-24-20)21-12-15-7-9-17(26-2)10-8-15/h3-10,13-14H,11-12H2,1-2H3,(H,21,23,24). The molecule has 0 saturated heterocycles. The van der Waals surface area contributed by atoms with Gasteiger partial charge in [0.05, 0.1) is 13.3 Å². The monoisotopic (exact) mass is 347 g/mol. The predicted molar refractivity (Wildman–Crippen MR) is 102 cm³/mol. The summed E-state index contributed by atoms with van der Waals surface area (Å²) >= 11 is 0. The van der Waals surface area contributed by atoms with Crippen LogP contribution in [0.15, 0.2) is 54.7 Å². The van der Waals surface area contributed by atoms with Crippen LogP contribution in [0.25, 0.3) is 0 Å². The molecular weight excluding hydrogens is 326 g/mol. The molecule has 1 aliphatic heterocycles. The summed E-state index contributed by atoms with van der Waals surface area (Å²) in [5.41, 5.74) is 3.63. The number of methoxy groups -OCH3 is 1. The van der Waals surface area contributed by atoms with Crippen LogP contribution in [0.1, 0.15) is 18.1 Å². The molecule has 0 fully saturated rings. The van der Waals surface area contributed by atoms with Gasteiger partial charge < -0.3 is 15.0 Å². The quantitative estimate of drug-likeness (QED) is 0.761. The number of ether oxygens (including phenoxy) is 1. The van der Waals surface area contributed by atoms with Crippen LogP contribution in [0.3, 0.4) is 0 Å². The Morgan fingerprint density at radius 1 is 1.15 bits per heavy atom. The number of aromatic nitrogens is 3. The third kappa shape index (κ3) is 3.18. The first-order valence-electron chi connectivity index (χ1n) is 8.68. The van der Waals surface area contributed by atoms with Crippen LogP contribution in [-0.4, -0.2) is 28.3 Å². The number of anilines is 3. The van der Waals surface area contributed by atoms with Crippen molar-refractivity contribution in [2.45, 2.75) is 25.9 Å². The molecule has 1 unspecified atom stereocenters. The van der Waals surface area contributed by atoms with Gasteiger partial charge in [-0.2, -0.15) is 10.1 Å². The highest BCUT2D eigenvalue weighted by Gasteiger charge is 2.29. The summed E-state index contributed by atoms with van der Waals surface area (Å²) < 4.78 is 5.19. The van der Waals surface area contributed by atoms with Gasteiger partial charge in [0, 0.05) is 18.3 Å². The van der Waals surface area contributed by atoms with Gasteiger partial charge in [0.2, 0.25) is 0 Å². The summed E-state index contributed by atoms with van der Waals surface area (Å²) in [6.45, 7) is 2.84. The Balaban J connectivity index is 1.51. The van der Waals surface area contributed by atoms with Gasteiger partial charge in [-0.25, -0.2) is 0 Å². The minimum Gasteiger partial charge on any atom is -0.497 e. The van der Waals surface area contributed by atoms with E-state index in [1.54, 1.807) is 13.3 Å². The smallest absolute Gasteiger partial charge is 0.252 e. The first-order chi connectivity index (χ1) is 12.7. The summed E-state index contributed by atoms with van der Waals surface area (Å²) in [5.74, 6) is 2.19. The molecule has 0 bridgehead atoms. The van der Waals surface area contributed by atoms with E-state index < -0.39 is 0 Å². The van der Waals surface area contributed by atoms with E-state index in [9.17, 15) is 0 Å². The van der Waals surface area contributed by atoms with E-state index in [-0.39, 0.29) is 0 Å². The highest BCUT2D eigenvalue weighted by atomic mass is 16.5. The fourth-order valence-corrected chi connectivity index (χ4v) is 3.29. The van der Waals surface area contributed by atoms with Gasteiger partial charge in [0.15, 0.2) is 5.82 Å². The molecule has 6 nitrogen and oxygen atoms in total. The molecule has 26 heavy (non-hydrogen) atoms. The SMILES string of the molecule is COc1ccc(CNc2cnnc(N3c4ccccc4CC3C)n2)cc1. The van der Waals surface area contributed by atoms with Crippen molar-refractivity contribution in [2.24, 2.45) is 0 Å². The summed E-state index contributed by atoms with van der Waals surface area (Å²) in [5, 5.41) is 11.7. The highest BCUT2D eigenvalue weighted by Crippen LogP contribution is 2.36. The van der Waals surface area contributed by atoms with Crippen LogP contribution < -0.4 is 15.0 Å². The molecule has 132 valence electrons. The van der Waals surface area contributed by atoms with E-state index >= 15 is 0 Å². The Morgan fingerprint density at radius 3 is 2.77 bits per heavy atom. The van der Waals surface area contributed by atoms with E-state index in [2.05, 4.69) is 50.5 Å². The first-order valence-corrected chi connectivity index (χ1v) is 8.68. The van der Waals surface area contributed by atoms with Gasteiger partial charge in [-0.15, -0.1) is 5.10 Å². The molecule has 0 spiro atoms. The minimum absolute atomic E-state index is 0.311. The molecule has 0 aliphatic carbocycles. The zero-order valence-corrected chi connectivity index (χ0v) is 14.9. The average molecular weight is 347 g/mol. The van der Waals surface area contributed by atoms with Crippen molar-refractivity contribution >= 4 is 17.5 Å². The topological polar surface area (TPSA) is 63.2 Å². The Kier molecular flexibility index (Phi) is 4.39. The first kappa shape index (κ1) is 16.3. The van der Waals surface area contributed by atoms with E-state index in [0.717, 1.165) is 23.4 Å². The zero-order chi connectivity index (χ0) is 17.9. The number of hydrogen-bond acceptors (Lipinski definition) is 6. The van der Waals surface area contributed by atoms with Gasteiger partial charge in [0.1, 0.15) is 5.75 Å². The molecule has 1 aliphatic rings. The van der Waals surface area contributed by atoms with Crippen molar-refractivity contribution in [3.05, 3.63) is 65.9 Å². The Morgan fingerprint density at radius 2 is 1.96 bits per heavy atom. The van der Waals surface area contributed by atoms with Crippen LogP contribution in [0.5, 0.6) is 5.75 Å². The van der Waals surface area contributed by atoms with E-state index in [0.29, 0.717) is 24.4 Å². The van der Waals surface area contributed by atoms with Crippen molar-refractivity contribution in [2.75, 3.05) is 17.3 Å². The summed E-state index contributed by atoms with van der Waals surface area (Å²) in [4.78, 5) is 6.82. The molecule has 6 heteroatoms. The number of para-hydroxylation sites is 1. The second kappa shape index (κ2) is 7.00. The van der Waals surface area contributed by atoms with Crippen molar-refractivity contribution < 1.29 is 4.74 Å². The third-order valence-corrected chi connectivity index (χ3v) is 4.60. The fourth-order valence-electron chi connectivity index (χ4n) is 3.29. The van der Waals surface area contributed by atoms with Crippen LogP contribution in [0.2, 0.25) is 0 Å². The predicted octanol–water partition coefficient (Wildman–Crippen LogP) is 3.58. The lowest BCUT2D eigenvalue weighted by atomic mass is 10.1. The lowest BCUT2D eigenvalue weighted by Crippen LogP contribution is -2.26. The van der Waals surface area contributed by atoms with E-state index in [1.165, 1.54) is 5.56 Å². The largest absolute Gasteiger partial charge is 0.497 e. The van der Waals surface area contributed by atoms with Gasteiger partial charge in [0.25, 0.3) is 5.95 Å². The molecule has 0 amide bonds. The maximum absolute atomic E-state index is 5.19. The Labute approximate surface area is 152 Å². The molecule has 1 N–H and O–H groups in total. The van der Waals surface area contributed by atoms with Crippen molar-refractivity contribution in [3.8, 4) is 5.75 Å². The second-order valence-electron chi connectivity index (χ2n) is 6.40. The fraction of sp³-hybridized carbons (Fsp3) is 0.250. The van der Waals surface area contributed by atoms with E-state index in [4.69, 9.17) is 4.74 Å². The lowest BCUT2D eigenvalue weighted by molar-refractivity contribution is 0.414. The lowest BCUT2D eigenvalue weighted by Gasteiger charge is -2.22. The van der Waals surface area contributed by atoms with Crippen LogP contribution in [-0.2, 0) is 13.0 Å². The molecule has 0 saturated carbocycles. The normalized spacial score (nSPS) is 15.6. The Hall–Kier alpha value is -3.15. The van der Waals surface area contributed by atoms with Gasteiger partial charge >= 0.3 is 0 Å². The summed E-state index contributed by atoms with van der Waals surface area (Å²) in [6, 6.07) is 16.6. The molecule has 1 atom stereocenters. The Bertz CT molecular complexity index is 897. The number of hydrogen-bond donors (Lipinski definition) is 1. The van der Waals surface area contributed by atoms with Gasteiger partial charge in [-0.3, -0.25) is 0 Å². The van der Waals surface area contributed by atoms with Crippen LogP contribution in [0.4, 0.5) is 17.5 Å². The molecule has 0 radical (unpaired) electrons. The zero-order valence-electron chi connectivity index (χ0n) is 14.9. The number of nitrogens with one attached hydrogen (secondary N) is 1. The molecule has 2 heterocycles. The highest BCUT2D eigenvalue weighted by molar-refractivity contribution is 5.67. The molecule has 3 aromatic rings. The average Bonchev–Trinajstić information content (AvgIpc) is 3.02. The molecule has 1 aromatic heterocycles. The van der Waals surface area contributed by atoms with Crippen LogP contribution in [0, 0.1) is 0 Å². The maximum atomic E-state index is 5.19. The van der Waals surface area contributed by atoms with Crippen molar-refractivity contribution in [1.82, 2.24) is 15.2 Å². The number of rotatable bonds is 5. The van der Waals surface area contributed by atoms with Gasteiger partial charge in [-0.1, -0.05) is 30.3 Å². The summed E-state index contributed by atoms with van der Waals surface area (Å²) in [6.07, 6.45) is 2.64. The molecule has 2 aromatic carbocycles. The van der Waals surface area contributed by atoms with E-state index in [1.807, 2.05) is 30.3 Å². The van der Waals surface area contributed by atoms with Crippen molar-refractivity contribution in [3.63, 3.8) is 0 Å². The number of fused-ring (bicyclic) bond motifs is 1. The number of benzene rings is 2.